The lowest BCUT2D eigenvalue weighted by Gasteiger charge is -2.33. The van der Waals surface area contributed by atoms with Crippen LogP contribution in [0.5, 0.6) is 0 Å². The van der Waals surface area contributed by atoms with E-state index in [1.807, 2.05) is 48.7 Å². The predicted octanol–water partition coefficient (Wildman–Crippen LogP) is 3.37. The molecule has 1 aliphatic rings. The zero-order valence-corrected chi connectivity index (χ0v) is 16.6. The third-order valence-electron chi connectivity index (χ3n) is 4.95. The van der Waals surface area contributed by atoms with Crippen molar-refractivity contribution in [3.05, 3.63) is 82.4 Å². The van der Waals surface area contributed by atoms with Crippen molar-refractivity contribution in [1.82, 2.24) is 14.9 Å². The first kappa shape index (κ1) is 19.2. The van der Waals surface area contributed by atoms with Crippen LogP contribution in [0, 0.1) is 11.3 Å². The lowest BCUT2D eigenvalue weighted by Crippen LogP contribution is -2.50. The number of aromatic amines is 1. The van der Waals surface area contributed by atoms with Crippen LogP contribution in [-0.2, 0) is 17.8 Å². The summed E-state index contributed by atoms with van der Waals surface area (Å²) in [6, 6.07) is 17.0. The van der Waals surface area contributed by atoms with Crippen molar-refractivity contribution in [2.45, 2.75) is 13.0 Å². The summed E-state index contributed by atoms with van der Waals surface area (Å²) in [5.74, 6) is 0.903. The molecule has 0 radical (unpaired) electrons. The number of aromatic nitrogens is 2. The number of carbonyl (C=O) groups excluding carboxylic acids is 1. The second kappa shape index (κ2) is 8.48. The van der Waals surface area contributed by atoms with Crippen molar-refractivity contribution in [1.29, 1.82) is 5.26 Å². The van der Waals surface area contributed by atoms with E-state index in [0.29, 0.717) is 30.2 Å². The van der Waals surface area contributed by atoms with Crippen LogP contribution in [0.2, 0.25) is 5.02 Å². The van der Waals surface area contributed by atoms with Crippen molar-refractivity contribution in [2.24, 2.45) is 0 Å². The van der Waals surface area contributed by atoms with Gasteiger partial charge in [0.05, 0.1) is 24.7 Å². The molecule has 1 amide bonds. The summed E-state index contributed by atoms with van der Waals surface area (Å²) in [4.78, 5) is 24.3. The molecule has 0 bridgehead atoms. The van der Waals surface area contributed by atoms with Gasteiger partial charge in [0, 0.05) is 42.1 Å². The van der Waals surface area contributed by atoms with Crippen LogP contribution in [0.3, 0.4) is 0 Å². The Bertz CT molecular complexity index is 1050. The second-order valence-corrected chi connectivity index (χ2v) is 7.51. The van der Waals surface area contributed by atoms with E-state index in [1.165, 1.54) is 0 Å². The molecule has 0 aliphatic carbocycles. The fourth-order valence-corrected chi connectivity index (χ4v) is 3.66. The van der Waals surface area contributed by atoms with E-state index in [4.69, 9.17) is 16.9 Å². The molecular formula is C22H20ClN5O. The van der Waals surface area contributed by atoms with Gasteiger partial charge in [0.15, 0.2) is 0 Å². The Morgan fingerprint density at radius 1 is 1.17 bits per heavy atom. The van der Waals surface area contributed by atoms with Gasteiger partial charge in [-0.1, -0.05) is 29.8 Å². The van der Waals surface area contributed by atoms with Crippen molar-refractivity contribution in [3.63, 3.8) is 0 Å². The minimum absolute atomic E-state index is 0.0582. The van der Waals surface area contributed by atoms with Crippen molar-refractivity contribution < 1.29 is 4.79 Å². The van der Waals surface area contributed by atoms with Crippen LogP contribution in [0.25, 0.3) is 0 Å². The molecule has 1 N–H and O–H groups in total. The molecule has 0 saturated carbocycles. The summed E-state index contributed by atoms with van der Waals surface area (Å²) in [5.41, 5.74) is 3.61. The number of halogens is 1. The van der Waals surface area contributed by atoms with Crippen LogP contribution in [0.1, 0.15) is 22.6 Å². The molecule has 6 nitrogen and oxygen atoms in total. The molecule has 2 heterocycles. The van der Waals surface area contributed by atoms with Gasteiger partial charge in [-0.2, -0.15) is 5.26 Å². The van der Waals surface area contributed by atoms with Crippen LogP contribution in [0.15, 0.2) is 54.7 Å². The molecule has 29 heavy (non-hydrogen) atoms. The number of nitrogens with zero attached hydrogens (tertiary/aromatic N) is 4. The summed E-state index contributed by atoms with van der Waals surface area (Å²) in [7, 11) is 0. The van der Waals surface area contributed by atoms with E-state index in [2.05, 4.69) is 20.9 Å². The van der Waals surface area contributed by atoms with Gasteiger partial charge >= 0.3 is 0 Å². The number of benzene rings is 2. The van der Waals surface area contributed by atoms with Gasteiger partial charge in [0.2, 0.25) is 5.91 Å². The molecule has 1 aromatic heterocycles. The molecular weight excluding hydrogens is 386 g/mol. The minimum atomic E-state index is 0.0582. The average molecular weight is 406 g/mol. The number of piperazine rings is 1. The van der Waals surface area contributed by atoms with Gasteiger partial charge in [0.25, 0.3) is 0 Å². The Balaban J connectivity index is 1.35. The van der Waals surface area contributed by atoms with Gasteiger partial charge in [0.1, 0.15) is 5.82 Å². The molecule has 146 valence electrons. The monoisotopic (exact) mass is 405 g/mol. The summed E-state index contributed by atoms with van der Waals surface area (Å²) >= 11 is 6.05. The van der Waals surface area contributed by atoms with Crippen LogP contribution < -0.4 is 4.90 Å². The maximum Gasteiger partial charge on any atom is 0.241 e. The molecule has 0 unspecified atom stereocenters. The van der Waals surface area contributed by atoms with Crippen LogP contribution >= 0.6 is 11.6 Å². The summed E-state index contributed by atoms with van der Waals surface area (Å²) in [6.07, 6.45) is 2.55. The highest BCUT2D eigenvalue weighted by atomic mass is 35.5. The first-order valence-electron chi connectivity index (χ1n) is 9.41. The number of hydrogen-bond donors (Lipinski definition) is 1. The Labute approximate surface area is 174 Å². The molecule has 1 aliphatic heterocycles. The summed E-state index contributed by atoms with van der Waals surface area (Å²) in [6.45, 7) is 2.34. The third kappa shape index (κ3) is 4.65. The van der Waals surface area contributed by atoms with Crippen molar-refractivity contribution in [3.8, 4) is 6.07 Å². The highest BCUT2D eigenvalue weighted by Crippen LogP contribution is 2.22. The zero-order chi connectivity index (χ0) is 20.2. The summed E-state index contributed by atoms with van der Waals surface area (Å²) < 4.78 is 0. The van der Waals surface area contributed by atoms with Crippen LogP contribution in [-0.4, -0.2) is 40.4 Å². The lowest BCUT2D eigenvalue weighted by molar-refractivity contribution is -0.121. The Hall–Kier alpha value is -3.14. The van der Waals surface area contributed by atoms with Crippen molar-refractivity contribution in [2.75, 3.05) is 24.5 Å². The van der Waals surface area contributed by atoms with Crippen LogP contribution in [0.4, 0.5) is 5.69 Å². The highest BCUT2D eigenvalue weighted by Gasteiger charge is 2.25. The third-order valence-corrected chi connectivity index (χ3v) is 5.19. The predicted molar refractivity (Wildman–Crippen MR) is 112 cm³/mol. The van der Waals surface area contributed by atoms with Gasteiger partial charge in [-0.15, -0.1) is 0 Å². The molecule has 1 saturated heterocycles. The van der Waals surface area contributed by atoms with Gasteiger partial charge in [-0.05, 0) is 35.9 Å². The smallest absolute Gasteiger partial charge is 0.241 e. The van der Waals surface area contributed by atoms with Gasteiger partial charge < -0.3 is 9.88 Å². The van der Waals surface area contributed by atoms with E-state index < -0.39 is 0 Å². The fourth-order valence-electron chi connectivity index (χ4n) is 3.48. The quantitative estimate of drug-likeness (QED) is 0.706. The van der Waals surface area contributed by atoms with Gasteiger partial charge in [-0.25, -0.2) is 4.98 Å². The molecule has 0 atom stereocenters. The Morgan fingerprint density at radius 3 is 2.72 bits per heavy atom. The first-order valence-corrected chi connectivity index (χ1v) is 9.78. The number of hydrogen-bond acceptors (Lipinski definition) is 4. The maximum atomic E-state index is 12.6. The van der Waals surface area contributed by atoms with E-state index in [-0.39, 0.29) is 5.91 Å². The number of amides is 1. The number of anilines is 1. The highest BCUT2D eigenvalue weighted by molar-refractivity contribution is 6.30. The number of nitriles is 1. The Kier molecular flexibility index (Phi) is 5.61. The number of H-pyrrole nitrogens is 1. The number of imidazole rings is 1. The minimum Gasteiger partial charge on any atom is -0.345 e. The standard InChI is InChI=1S/C22H20ClN5O/c23-18-2-1-3-20(11-18)28-9-8-27(15-22(28)29)14-21-25-13-19(26-21)10-16-4-6-17(12-24)7-5-16/h1-7,11,13H,8-10,14-15H2,(H,25,26). The Morgan fingerprint density at radius 2 is 2.00 bits per heavy atom. The molecule has 1 fully saturated rings. The topological polar surface area (TPSA) is 76.0 Å². The largest absolute Gasteiger partial charge is 0.345 e. The lowest BCUT2D eigenvalue weighted by atomic mass is 10.1. The molecule has 0 spiro atoms. The molecule has 2 aromatic carbocycles. The van der Waals surface area contributed by atoms with Crippen molar-refractivity contribution >= 4 is 23.2 Å². The molecule has 3 aromatic rings. The normalized spacial score (nSPS) is 14.8. The van der Waals surface area contributed by atoms with Gasteiger partial charge in [-0.3, -0.25) is 9.69 Å². The number of nitrogens with one attached hydrogen (secondary N) is 1. The average Bonchev–Trinajstić information content (AvgIpc) is 3.15. The van der Waals surface area contributed by atoms with E-state index in [9.17, 15) is 4.79 Å². The van der Waals surface area contributed by atoms with E-state index in [1.54, 1.807) is 11.0 Å². The SMILES string of the molecule is N#Cc1ccc(Cc2cnc(CN3CCN(c4cccc(Cl)c4)C(=O)C3)[nH]2)cc1. The first-order chi connectivity index (χ1) is 14.1. The fraction of sp³-hybridized carbons (Fsp3) is 0.227. The molecule has 4 rings (SSSR count). The number of carbonyl (C=O) groups is 1. The maximum absolute atomic E-state index is 12.6. The summed E-state index contributed by atoms with van der Waals surface area (Å²) in [5, 5.41) is 9.51. The second-order valence-electron chi connectivity index (χ2n) is 7.08. The molecule has 7 heteroatoms. The van der Waals surface area contributed by atoms with E-state index >= 15 is 0 Å². The van der Waals surface area contributed by atoms with E-state index in [0.717, 1.165) is 35.7 Å². The zero-order valence-electron chi connectivity index (χ0n) is 15.8. The number of rotatable bonds is 5.